The molecule has 1 fully saturated rings. The second-order valence-corrected chi connectivity index (χ2v) is 4.71. The van der Waals surface area contributed by atoms with Crippen molar-refractivity contribution >= 4 is 0 Å². The molecule has 6 unspecified atom stereocenters. The van der Waals surface area contributed by atoms with Gasteiger partial charge in [0, 0.05) is 11.8 Å². The molecule has 5 nitrogen and oxygen atoms in total. The molecule has 0 saturated carbocycles. The van der Waals surface area contributed by atoms with Crippen molar-refractivity contribution in [2.24, 2.45) is 11.8 Å². The minimum absolute atomic E-state index is 0.107. The van der Waals surface area contributed by atoms with Crippen molar-refractivity contribution in [3.63, 3.8) is 0 Å². The smallest absolute Gasteiger partial charge is 0.0899 e. The number of hydrogen-bond acceptors (Lipinski definition) is 5. The van der Waals surface area contributed by atoms with Crippen molar-refractivity contribution in [2.45, 2.75) is 51.1 Å². The van der Waals surface area contributed by atoms with Crippen molar-refractivity contribution < 1.29 is 25.2 Å². The van der Waals surface area contributed by atoms with Gasteiger partial charge in [-0.05, 0) is 12.8 Å². The summed E-state index contributed by atoms with van der Waals surface area (Å²) >= 11 is 0. The maximum absolute atomic E-state index is 9.65. The number of aliphatic hydroxyl groups excluding tert-OH is 4. The largest absolute Gasteiger partial charge is 0.394 e. The van der Waals surface area contributed by atoms with Crippen LogP contribution in [0.15, 0.2) is 0 Å². The molecule has 1 rings (SSSR count). The van der Waals surface area contributed by atoms with Crippen LogP contribution in [0.25, 0.3) is 0 Å². The summed E-state index contributed by atoms with van der Waals surface area (Å²) in [6.45, 7) is 3.33. The maximum atomic E-state index is 9.65. The molecule has 1 heterocycles. The van der Waals surface area contributed by atoms with Crippen molar-refractivity contribution in [2.75, 3.05) is 13.2 Å². The van der Waals surface area contributed by atoms with E-state index in [0.717, 1.165) is 0 Å². The lowest BCUT2D eigenvalue weighted by atomic mass is 9.87. The third-order valence-electron chi connectivity index (χ3n) is 3.71. The third-order valence-corrected chi connectivity index (χ3v) is 3.71. The average Bonchev–Trinajstić information content (AvgIpc) is 3.10. The van der Waals surface area contributed by atoms with E-state index in [1.165, 1.54) is 0 Å². The molecule has 6 atom stereocenters. The first kappa shape index (κ1) is 14.9. The predicted molar refractivity (Wildman–Crippen MR) is 62.4 cm³/mol. The molecule has 17 heavy (non-hydrogen) atoms. The fraction of sp³-hybridized carbons (Fsp3) is 1.00. The van der Waals surface area contributed by atoms with Crippen molar-refractivity contribution in [1.82, 2.24) is 0 Å². The molecule has 0 spiro atoms. The molecule has 5 heteroatoms. The number of ether oxygens (including phenoxy) is 1. The van der Waals surface area contributed by atoms with Crippen LogP contribution < -0.4 is 0 Å². The van der Waals surface area contributed by atoms with E-state index in [-0.39, 0.29) is 37.3 Å². The monoisotopic (exact) mass is 248 g/mol. The molecular weight excluding hydrogens is 224 g/mol. The standard InChI is InChI=1S/C12H24O5/c1-3-7(9(15)5-13)11-12(17-11)8(4-2)10(16)6-14/h7-16H,3-6H2,1-2H3. The van der Waals surface area contributed by atoms with Crippen LogP contribution >= 0.6 is 0 Å². The normalized spacial score (nSPS) is 30.7. The van der Waals surface area contributed by atoms with Crippen LogP contribution in [0.1, 0.15) is 26.7 Å². The summed E-state index contributed by atoms with van der Waals surface area (Å²) < 4.78 is 5.53. The minimum atomic E-state index is -0.779. The highest BCUT2D eigenvalue weighted by molar-refractivity contribution is 4.98. The van der Waals surface area contributed by atoms with Gasteiger partial charge in [-0.2, -0.15) is 0 Å². The molecule has 1 saturated heterocycles. The molecule has 1 aliphatic rings. The van der Waals surface area contributed by atoms with E-state index in [2.05, 4.69) is 0 Å². The van der Waals surface area contributed by atoms with Gasteiger partial charge in [0.25, 0.3) is 0 Å². The van der Waals surface area contributed by atoms with E-state index in [9.17, 15) is 10.2 Å². The third kappa shape index (κ3) is 3.39. The van der Waals surface area contributed by atoms with Crippen molar-refractivity contribution in [3.8, 4) is 0 Å². The van der Waals surface area contributed by atoms with Gasteiger partial charge in [-0.25, -0.2) is 0 Å². The highest BCUT2D eigenvalue weighted by atomic mass is 16.6. The van der Waals surface area contributed by atoms with Gasteiger partial charge in [-0.15, -0.1) is 0 Å². The molecule has 0 amide bonds. The summed E-state index contributed by atoms with van der Waals surface area (Å²) in [4.78, 5) is 0. The van der Waals surface area contributed by atoms with E-state index < -0.39 is 12.2 Å². The number of rotatable bonds is 8. The van der Waals surface area contributed by atoms with Gasteiger partial charge in [0.15, 0.2) is 0 Å². The summed E-state index contributed by atoms with van der Waals surface area (Å²) in [6.07, 6.45) is -0.359. The van der Waals surface area contributed by atoms with Crippen LogP contribution in [0, 0.1) is 11.8 Å². The van der Waals surface area contributed by atoms with Gasteiger partial charge in [0.2, 0.25) is 0 Å². The average molecular weight is 248 g/mol. The first-order chi connectivity index (χ1) is 8.10. The summed E-state index contributed by atoms with van der Waals surface area (Å²) in [7, 11) is 0. The van der Waals surface area contributed by atoms with E-state index in [1.807, 2.05) is 13.8 Å². The molecule has 0 aliphatic carbocycles. The Balaban J connectivity index is 2.55. The van der Waals surface area contributed by atoms with Crippen LogP contribution in [-0.4, -0.2) is 58.1 Å². The molecule has 4 N–H and O–H groups in total. The highest BCUT2D eigenvalue weighted by Crippen LogP contribution is 2.40. The Morgan fingerprint density at radius 3 is 1.47 bits per heavy atom. The van der Waals surface area contributed by atoms with E-state index in [4.69, 9.17) is 14.9 Å². The second kappa shape index (κ2) is 6.66. The molecular formula is C12H24O5. The van der Waals surface area contributed by atoms with Crippen LogP contribution in [0.2, 0.25) is 0 Å². The summed E-state index contributed by atoms with van der Waals surface area (Å²) in [5.74, 6) is -0.213. The Morgan fingerprint density at radius 1 is 0.882 bits per heavy atom. The van der Waals surface area contributed by atoms with Crippen LogP contribution in [0.3, 0.4) is 0 Å². The minimum Gasteiger partial charge on any atom is -0.394 e. The topological polar surface area (TPSA) is 93.5 Å². The van der Waals surface area contributed by atoms with Gasteiger partial charge in [-0.3, -0.25) is 0 Å². The Labute approximate surface area is 102 Å². The van der Waals surface area contributed by atoms with E-state index in [0.29, 0.717) is 12.8 Å². The number of hydrogen-bond donors (Lipinski definition) is 4. The molecule has 0 aromatic heterocycles. The second-order valence-electron chi connectivity index (χ2n) is 4.71. The van der Waals surface area contributed by atoms with Gasteiger partial charge in [-0.1, -0.05) is 13.8 Å². The summed E-state index contributed by atoms with van der Waals surface area (Å²) in [5, 5.41) is 37.2. The highest BCUT2D eigenvalue weighted by Gasteiger charge is 2.51. The van der Waals surface area contributed by atoms with Gasteiger partial charge < -0.3 is 25.2 Å². The zero-order valence-corrected chi connectivity index (χ0v) is 10.5. The molecule has 0 aromatic rings. The SMILES string of the molecule is CCC(C(O)CO)C1OC1C(CC)C(O)CO. The summed E-state index contributed by atoms with van der Waals surface area (Å²) in [5.41, 5.74) is 0. The molecule has 0 aromatic carbocycles. The maximum Gasteiger partial charge on any atom is 0.0899 e. The zero-order chi connectivity index (χ0) is 13.0. The Hall–Kier alpha value is -0.200. The van der Waals surface area contributed by atoms with Gasteiger partial charge in [0.1, 0.15) is 0 Å². The summed E-state index contributed by atoms with van der Waals surface area (Å²) in [6, 6.07) is 0. The first-order valence-electron chi connectivity index (χ1n) is 6.33. The van der Waals surface area contributed by atoms with E-state index >= 15 is 0 Å². The lowest BCUT2D eigenvalue weighted by molar-refractivity contribution is 0.0322. The van der Waals surface area contributed by atoms with Crippen LogP contribution in [0.5, 0.6) is 0 Å². The Kier molecular flexibility index (Phi) is 5.82. The molecule has 102 valence electrons. The van der Waals surface area contributed by atoms with Gasteiger partial charge >= 0.3 is 0 Å². The predicted octanol–water partition coefficient (Wildman–Crippen LogP) is -0.487. The quantitative estimate of drug-likeness (QED) is 0.435. The molecule has 1 aliphatic heterocycles. The lowest BCUT2D eigenvalue weighted by Crippen LogP contribution is -2.33. The number of aliphatic hydroxyl groups is 4. The fourth-order valence-corrected chi connectivity index (χ4v) is 2.54. The lowest BCUT2D eigenvalue weighted by Gasteiger charge is -2.21. The van der Waals surface area contributed by atoms with Crippen LogP contribution in [-0.2, 0) is 4.74 Å². The molecule has 0 radical (unpaired) electrons. The Bertz CT molecular complexity index is 201. The number of epoxide rings is 1. The zero-order valence-electron chi connectivity index (χ0n) is 10.5. The van der Waals surface area contributed by atoms with Gasteiger partial charge in [0.05, 0.1) is 37.6 Å². The Morgan fingerprint density at radius 2 is 1.24 bits per heavy atom. The fourth-order valence-electron chi connectivity index (χ4n) is 2.54. The first-order valence-corrected chi connectivity index (χ1v) is 6.33. The van der Waals surface area contributed by atoms with E-state index in [1.54, 1.807) is 0 Å². The van der Waals surface area contributed by atoms with Crippen LogP contribution in [0.4, 0.5) is 0 Å². The van der Waals surface area contributed by atoms with Crippen molar-refractivity contribution in [3.05, 3.63) is 0 Å². The molecule has 0 bridgehead atoms. The van der Waals surface area contributed by atoms with Crippen molar-refractivity contribution in [1.29, 1.82) is 0 Å².